The summed E-state index contributed by atoms with van der Waals surface area (Å²) in [5, 5.41) is 11.2. The molecule has 0 atom stereocenters. The molecule has 8 heteroatoms. The molecule has 2 aromatic carbocycles. The summed E-state index contributed by atoms with van der Waals surface area (Å²) < 4.78 is 27.0. The number of nitro groups is 1. The van der Waals surface area contributed by atoms with Crippen LogP contribution in [0.15, 0.2) is 60.0 Å². The quantitative estimate of drug-likeness (QED) is 0.440. The zero-order chi connectivity index (χ0) is 17.9. The summed E-state index contributed by atoms with van der Waals surface area (Å²) in [6.45, 7) is 5.36. The molecule has 0 aliphatic carbocycles. The lowest BCUT2D eigenvalue weighted by Gasteiger charge is -2.25. The van der Waals surface area contributed by atoms with Gasteiger partial charge in [0.25, 0.3) is 15.7 Å². The summed E-state index contributed by atoms with van der Waals surface area (Å²) in [4.78, 5) is 10.1. The molecular formula is C16H15ClN2O4S. The Kier molecular flexibility index (Phi) is 5.26. The molecule has 0 bridgehead atoms. The number of nitrogens with zero attached hydrogens (tertiary/aromatic N) is 2. The van der Waals surface area contributed by atoms with Crippen LogP contribution >= 0.6 is 11.6 Å². The molecule has 2 rings (SSSR count). The number of hydrogen-bond acceptors (Lipinski definition) is 4. The van der Waals surface area contributed by atoms with Crippen LogP contribution in [-0.2, 0) is 10.0 Å². The van der Waals surface area contributed by atoms with Gasteiger partial charge >= 0.3 is 0 Å². The molecule has 0 aliphatic rings. The topological polar surface area (TPSA) is 80.5 Å². The maximum Gasteiger partial charge on any atom is 0.269 e. The van der Waals surface area contributed by atoms with E-state index in [9.17, 15) is 18.5 Å². The van der Waals surface area contributed by atoms with Gasteiger partial charge in [0, 0.05) is 17.2 Å². The molecule has 0 saturated heterocycles. The lowest BCUT2D eigenvalue weighted by molar-refractivity contribution is -0.384. The van der Waals surface area contributed by atoms with Gasteiger partial charge in [-0.15, -0.1) is 6.58 Å². The molecule has 0 spiro atoms. The Morgan fingerprint density at radius 3 is 2.42 bits per heavy atom. The number of benzene rings is 2. The third-order valence-corrected chi connectivity index (χ3v) is 5.64. The van der Waals surface area contributed by atoms with E-state index in [0.717, 1.165) is 12.1 Å². The average Bonchev–Trinajstić information content (AvgIpc) is 2.55. The van der Waals surface area contributed by atoms with Gasteiger partial charge in [0.05, 0.1) is 22.1 Å². The van der Waals surface area contributed by atoms with E-state index in [4.69, 9.17) is 11.6 Å². The van der Waals surface area contributed by atoms with E-state index in [2.05, 4.69) is 6.58 Å². The van der Waals surface area contributed by atoms with Crippen LogP contribution in [0.5, 0.6) is 0 Å². The Morgan fingerprint density at radius 2 is 1.88 bits per heavy atom. The molecule has 0 aromatic heterocycles. The monoisotopic (exact) mass is 366 g/mol. The van der Waals surface area contributed by atoms with Gasteiger partial charge in [-0.05, 0) is 36.8 Å². The van der Waals surface area contributed by atoms with Gasteiger partial charge in [0.2, 0.25) is 0 Å². The van der Waals surface area contributed by atoms with Gasteiger partial charge in [-0.2, -0.15) is 0 Å². The Morgan fingerprint density at radius 1 is 1.25 bits per heavy atom. The van der Waals surface area contributed by atoms with Gasteiger partial charge in [-0.3, -0.25) is 14.4 Å². The SMILES string of the molecule is C=CCN(c1cccc(Cl)c1C)S(=O)(=O)c1ccc([N+](=O)[O-])cc1. The van der Waals surface area contributed by atoms with Crippen LogP contribution in [0, 0.1) is 17.0 Å². The number of nitro benzene ring substituents is 1. The van der Waals surface area contributed by atoms with Crippen molar-refractivity contribution in [2.24, 2.45) is 0 Å². The van der Waals surface area contributed by atoms with Crippen LogP contribution in [0.3, 0.4) is 0 Å². The van der Waals surface area contributed by atoms with Crippen LogP contribution in [0.25, 0.3) is 0 Å². The maximum atomic E-state index is 12.9. The smallest absolute Gasteiger partial charge is 0.262 e. The molecule has 126 valence electrons. The van der Waals surface area contributed by atoms with Crippen LogP contribution in [0.1, 0.15) is 5.56 Å². The summed E-state index contributed by atoms with van der Waals surface area (Å²) in [7, 11) is -3.92. The number of halogens is 1. The Balaban J connectivity index is 2.55. The summed E-state index contributed by atoms with van der Waals surface area (Å²) in [6.07, 6.45) is 1.46. The first-order chi connectivity index (χ1) is 11.3. The highest BCUT2D eigenvalue weighted by molar-refractivity contribution is 7.92. The zero-order valence-corrected chi connectivity index (χ0v) is 14.4. The number of sulfonamides is 1. The van der Waals surface area contributed by atoms with Crippen molar-refractivity contribution in [1.82, 2.24) is 0 Å². The van der Waals surface area contributed by atoms with Gasteiger partial charge < -0.3 is 0 Å². The van der Waals surface area contributed by atoms with E-state index in [-0.39, 0.29) is 17.1 Å². The standard InChI is InChI=1S/C16H15ClN2O4S/c1-3-11-18(16-6-4-5-15(17)12(16)2)24(22,23)14-9-7-13(8-10-14)19(20)21/h3-10H,1,11H2,2H3. The molecule has 0 heterocycles. The molecule has 0 saturated carbocycles. The van der Waals surface area contributed by atoms with E-state index in [1.54, 1.807) is 25.1 Å². The molecular weight excluding hydrogens is 352 g/mol. The number of rotatable bonds is 6. The zero-order valence-electron chi connectivity index (χ0n) is 12.8. The number of anilines is 1. The van der Waals surface area contributed by atoms with Crippen molar-refractivity contribution in [3.8, 4) is 0 Å². The van der Waals surface area contributed by atoms with E-state index in [1.807, 2.05) is 0 Å². The maximum absolute atomic E-state index is 12.9. The lowest BCUT2D eigenvalue weighted by atomic mass is 10.2. The molecule has 2 aromatic rings. The van der Waals surface area contributed by atoms with Crippen molar-refractivity contribution in [2.75, 3.05) is 10.8 Å². The van der Waals surface area contributed by atoms with E-state index >= 15 is 0 Å². The molecule has 24 heavy (non-hydrogen) atoms. The van der Waals surface area contributed by atoms with Gasteiger partial charge in [0.15, 0.2) is 0 Å². The molecule has 0 amide bonds. The number of hydrogen-bond donors (Lipinski definition) is 0. The minimum atomic E-state index is -3.92. The minimum Gasteiger partial charge on any atom is -0.262 e. The molecule has 0 fully saturated rings. The average molecular weight is 367 g/mol. The fraction of sp³-hybridized carbons (Fsp3) is 0.125. The second kappa shape index (κ2) is 7.02. The fourth-order valence-electron chi connectivity index (χ4n) is 2.18. The lowest BCUT2D eigenvalue weighted by Crippen LogP contribution is -2.31. The van der Waals surface area contributed by atoms with Crippen LogP contribution in [0.4, 0.5) is 11.4 Å². The van der Waals surface area contributed by atoms with Crippen molar-refractivity contribution >= 4 is 33.0 Å². The molecule has 0 radical (unpaired) electrons. The molecule has 0 N–H and O–H groups in total. The summed E-state index contributed by atoms with van der Waals surface area (Å²) in [5.74, 6) is 0. The van der Waals surface area contributed by atoms with Gasteiger partial charge in [-0.25, -0.2) is 8.42 Å². The van der Waals surface area contributed by atoms with E-state index in [0.29, 0.717) is 16.3 Å². The van der Waals surface area contributed by atoms with Gasteiger partial charge in [-0.1, -0.05) is 23.7 Å². The first-order valence-electron chi connectivity index (χ1n) is 6.92. The summed E-state index contributed by atoms with van der Waals surface area (Å²) in [6, 6.07) is 9.71. The number of non-ortho nitro benzene ring substituents is 1. The third kappa shape index (κ3) is 3.42. The van der Waals surface area contributed by atoms with Crippen molar-refractivity contribution in [3.05, 3.63) is 75.8 Å². The predicted molar refractivity (Wildman–Crippen MR) is 94.0 cm³/mol. The summed E-state index contributed by atoms with van der Waals surface area (Å²) in [5.41, 5.74) is 0.871. The van der Waals surface area contributed by atoms with Gasteiger partial charge in [0.1, 0.15) is 0 Å². The van der Waals surface area contributed by atoms with Crippen LogP contribution in [-0.4, -0.2) is 19.9 Å². The highest BCUT2D eigenvalue weighted by Crippen LogP contribution is 2.31. The van der Waals surface area contributed by atoms with Crippen molar-refractivity contribution < 1.29 is 13.3 Å². The first-order valence-corrected chi connectivity index (χ1v) is 8.74. The van der Waals surface area contributed by atoms with Crippen molar-refractivity contribution in [2.45, 2.75) is 11.8 Å². The second-order valence-corrected chi connectivity index (χ2v) is 7.23. The molecule has 0 unspecified atom stereocenters. The van der Waals surface area contributed by atoms with Crippen LogP contribution in [0.2, 0.25) is 5.02 Å². The van der Waals surface area contributed by atoms with E-state index < -0.39 is 14.9 Å². The predicted octanol–water partition coefficient (Wildman–Crippen LogP) is 3.94. The third-order valence-electron chi connectivity index (χ3n) is 3.44. The molecule has 6 nitrogen and oxygen atoms in total. The highest BCUT2D eigenvalue weighted by atomic mass is 35.5. The van der Waals surface area contributed by atoms with Crippen molar-refractivity contribution in [3.63, 3.8) is 0 Å². The summed E-state index contributed by atoms with van der Waals surface area (Å²) >= 11 is 6.09. The Labute approximate surface area is 145 Å². The Bertz CT molecular complexity index is 879. The Hall–Kier alpha value is -2.38. The first kappa shape index (κ1) is 18.0. The van der Waals surface area contributed by atoms with Crippen LogP contribution < -0.4 is 4.31 Å². The largest absolute Gasteiger partial charge is 0.269 e. The van der Waals surface area contributed by atoms with E-state index in [1.165, 1.54) is 22.5 Å². The fourth-order valence-corrected chi connectivity index (χ4v) is 3.84. The van der Waals surface area contributed by atoms with Crippen molar-refractivity contribution in [1.29, 1.82) is 0 Å². The second-order valence-electron chi connectivity index (χ2n) is 4.96. The highest BCUT2D eigenvalue weighted by Gasteiger charge is 2.26. The normalized spacial score (nSPS) is 11.1. The molecule has 0 aliphatic heterocycles. The minimum absolute atomic E-state index is 0.0422.